The van der Waals surface area contributed by atoms with Crippen molar-refractivity contribution in [1.29, 1.82) is 0 Å². The summed E-state index contributed by atoms with van der Waals surface area (Å²) in [5, 5.41) is 0.132. The van der Waals surface area contributed by atoms with E-state index in [9.17, 15) is 0 Å². The highest BCUT2D eigenvalue weighted by molar-refractivity contribution is 7.43. The number of rotatable bonds is 8. The van der Waals surface area contributed by atoms with Gasteiger partial charge in [0.25, 0.3) is 0 Å². The van der Waals surface area contributed by atoms with Crippen molar-refractivity contribution in [2.45, 2.75) is 110 Å². The normalized spacial score (nSPS) is 30.7. The van der Waals surface area contributed by atoms with Crippen LogP contribution in [0.25, 0.3) is 0 Å². The quantitative estimate of drug-likeness (QED) is 0.201. The van der Waals surface area contributed by atoms with Crippen LogP contribution in [0, 0.1) is 16.2 Å². The fourth-order valence-corrected chi connectivity index (χ4v) is 10.2. The van der Waals surface area contributed by atoms with Gasteiger partial charge < -0.3 is 0 Å². The van der Waals surface area contributed by atoms with Gasteiger partial charge in [0.1, 0.15) is 0 Å². The van der Waals surface area contributed by atoms with Crippen LogP contribution in [0.15, 0.2) is 0 Å². The molecule has 26 heavy (non-hydrogen) atoms. The van der Waals surface area contributed by atoms with Gasteiger partial charge in [-0.05, 0) is 59.9 Å². The van der Waals surface area contributed by atoms with E-state index in [4.69, 9.17) is 23.2 Å². The number of hydrogen-bond donors (Lipinski definition) is 0. The molecule has 1 saturated carbocycles. The summed E-state index contributed by atoms with van der Waals surface area (Å²) >= 11 is 14.6. The highest BCUT2D eigenvalue weighted by Gasteiger charge is 2.60. The SMILES string of the molecule is CCCCPC1CC(C(C)(C)C)(C(C)(C)C)CC(Cl)(PCCCC)C1Cl. The lowest BCUT2D eigenvalue weighted by Crippen LogP contribution is -2.58. The third-order valence-electron chi connectivity index (χ3n) is 6.68. The van der Waals surface area contributed by atoms with Gasteiger partial charge in [-0.25, -0.2) is 0 Å². The first kappa shape index (κ1) is 25.5. The molecule has 0 heterocycles. The Balaban J connectivity index is 3.26. The van der Waals surface area contributed by atoms with Gasteiger partial charge in [-0.1, -0.05) is 76.8 Å². The van der Waals surface area contributed by atoms with Crippen molar-refractivity contribution in [3.8, 4) is 0 Å². The monoisotopic (exact) mass is 440 g/mol. The van der Waals surface area contributed by atoms with E-state index in [0.29, 0.717) is 5.66 Å². The summed E-state index contributed by atoms with van der Waals surface area (Å²) in [4.78, 5) is 0. The second-order valence-electron chi connectivity index (χ2n) is 10.4. The molecule has 156 valence electrons. The number of unbranched alkanes of at least 4 members (excludes halogenated alkanes) is 2. The molecule has 0 spiro atoms. The smallest absolute Gasteiger partial charge is 0.0786 e. The van der Waals surface area contributed by atoms with Crippen molar-refractivity contribution in [3.63, 3.8) is 0 Å². The summed E-state index contributed by atoms with van der Waals surface area (Å²) in [5.74, 6) is 0. The van der Waals surface area contributed by atoms with Crippen molar-refractivity contribution >= 4 is 40.4 Å². The van der Waals surface area contributed by atoms with Crippen molar-refractivity contribution in [1.82, 2.24) is 0 Å². The van der Waals surface area contributed by atoms with E-state index in [1.165, 1.54) is 44.4 Å². The summed E-state index contributed by atoms with van der Waals surface area (Å²) in [7, 11) is 1.73. The Hall–Kier alpha value is 1.44. The summed E-state index contributed by atoms with van der Waals surface area (Å²) in [5.41, 5.74) is 1.26. The van der Waals surface area contributed by atoms with Crippen LogP contribution in [0.5, 0.6) is 0 Å². The maximum atomic E-state index is 7.45. The first-order valence-electron chi connectivity index (χ1n) is 10.7. The highest BCUT2D eigenvalue weighted by atomic mass is 35.5. The average molecular weight is 441 g/mol. The fourth-order valence-electron chi connectivity index (χ4n) is 4.95. The fraction of sp³-hybridized carbons (Fsp3) is 1.00. The zero-order valence-corrected chi connectivity index (χ0v) is 22.1. The molecule has 0 aromatic carbocycles. The summed E-state index contributed by atoms with van der Waals surface area (Å²) in [6, 6.07) is 0. The molecule has 0 radical (unpaired) electrons. The molecule has 1 aliphatic carbocycles. The van der Waals surface area contributed by atoms with Crippen molar-refractivity contribution in [3.05, 3.63) is 0 Å². The maximum Gasteiger partial charge on any atom is 0.0786 e. The topological polar surface area (TPSA) is 0 Å². The van der Waals surface area contributed by atoms with E-state index in [2.05, 4.69) is 55.4 Å². The number of alkyl halides is 2. The standard InChI is InChI=1S/C22H44Cl2P2/c1-9-11-13-25-17-15-21(19(3,4)5,20(6,7)8)16-22(24,18(17)23)26-14-12-10-2/h17-18,25-26H,9-16H2,1-8H3. The molecule has 5 atom stereocenters. The molecule has 0 aromatic rings. The third-order valence-corrected chi connectivity index (χ3v) is 12.0. The van der Waals surface area contributed by atoms with Crippen molar-refractivity contribution in [2.24, 2.45) is 16.2 Å². The Morgan fingerprint density at radius 2 is 1.42 bits per heavy atom. The predicted octanol–water partition coefficient (Wildman–Crippen LogP) is 8.73. The van der Waals surface area contributed by atoms with Gasteiger partial charge in [-0.2, -0.15) is 0 Å². The number of hydrogen-bond acceptors (Lipinski definition) is 0. The zero-order valence-electron chi connectivity index (χ0n) is 18.6. The van der Waals surface area contributed by atoms with E-state index >= 15 is 0 Å². The van der Waals surface area contributed by atoms with Gasteiger partial charge in [0.15, 0.2) is 0 Å². The first-order chi connectivity index (χ1) is 11.8. The molecule has 0 aromatic heterocycles. The van der Waals surface area contributed by atoms with Gasteiger partial charge >= 0.3 is 0 Å². The molecule has 0 nitrogen and oxygen atoms in total. The molecular weight excluding hydrogens is 397 g/mol. The highest BCUT2D eigenvalue weighted by Crippen LogP contribution is 2.68. The van der Waals surface area contributed by atoms with Crippen LogP contribution in [0.3, 0.4) is 0 Å². The minimum atomic E-state index is -0.223. The minimum absolute atomic E-state index is 0.132. The number of halogens is 2. The van der Waals surface area contributed by atoms with Crippen LogP contribution in [0.4, 0.5) is 0 Å². The van der Waals surface area contributed by atoms with Gasteiger partial charge in [-0.3, -0.25) is 0 Å². The molecule has 5 unspecified atom stereocenters. The van der Waals surface area contributed by atoms with E-state index in [1.54, 1.807) is 0 Å². The molecule has 1 aliphatic rings. The van der Waals surface area contributed by atoms with Crippen LogP contribution in [-0.4, -0.2) is 28.0 Å². The van der Waals surface area contributed by atoms with Crippen LogP contribution in [0.2, 0.25) is 0 Å². The minimum Gasteiger partial charge on any atom is -0.120 e. The van der Waals surface area contributed by atoms with Gasteiger partial charge in [0, 0.05) is 0 Å². The average Bonchev–Trinajstić information content (AvgIpc) is 2.49. The van der Waals surface area contributed by atoms with E-state index in [0.717, 1.165) is 23.6 Å². The van der Waals surface area contributed by atoms with Crippen LogP contribution < -0.4 is 0 Å². The van der Waals surface area contributed by atoms with Crippen LogP contribution >= 0.6 is 40.4 Å². The van der Waals surface area contributed by atoms with Gasteiger partial charge in [0.05, 0.1) is 9.99 Å². The van der Waals surface area contributed by atoms with E-state index < -0.39 is 0 Å². The molecule has 0 aliphatic heterocycles. The maximum absolute atomic E-state index is 7.45. The summed E-state index contributed by atoms with van der Waals surface area (Å²) < 4.78 is -0.223. The Labute approximate surface area is 178 Å². The summed E-state index contributed by atoms with van der Waals surface area (Å²) in [6.45, 7) is 19.2. The lowest BCUT2D eigenvalue weighted by atomic mass is 9.48. The Morgan fingerprint density at radius 3 is 1.88 bits per heavy atom. The van der Waals surface area contributed by atoms with E-state index in [1.807, 2.05) is 0 Å². The van der Waals surface area contributed by atoms with Crippen molar-refractivity contribution in [2.75, 3.05) is 12.3 Å². The molecule has 1 fully saturated rings. The van der Waals surface area contributed by atoms with Crippen LogP contribution in [0.1, 0.15) is 93.9 Å². The van der Waals surface area contributed by atoms with Crippen LogP contribution in [-0.2, 0) is 0 Å². The second kappa shape index (κ2) is 9.96. The van der Waals surface area contributed by atoms with Crippen molar-refractivity contribution < 1.29 is 0 Å². The molecule has 4 heteroatoms. The molecule has 0 N–H and O–H groups in total. The first-order valence-corrected chi connectivity index (χ1v) is 14.0. The Kier molecular flexibility index (Phi) is 9.76. The lowest BCUT2D eigenvalue weighted by Gasteiger charge is -2.62. The summed E-state index contributed by atoms with van der Waals surface area (Å²) in [6.07, 6.45) is 9.99. The molecule has 1 rings (SSSR count). The second-order valence-corrected chi connectivity index (χ2v) is 15.3. The largest absolute Gasteiger partial charge is 0.120 e. The molecular formula is C22H44Cl2P2. The molecule has 0 amide bonds. The van der Waals surface area contributed by atoms with Gasteiger partial charge in [-0.15, -0.1) is 31.8 Å². The zero-order chi connectivity index (χ0) is 20.2. The Bertz CT molecular complexity index is 411. The van der Waals surface area contributed by atoms with Gasteiger partial charge in [0.2, 0.25) is 0 Å². The predicted molar refractivity (Wildman–Crippen MR) is 129 cm³/mol. The molecule has 0 bridgehead atoms. The lowest BCUT2D eigenvalue weighted by molar-refractivity contribution is -0.0636. The Morgan fingerprint density at radius 1 is 0.923 bits per heavy atom. The van der Waals surface area contributed by atoms with E-state index in [-0.39, 0.29) is 26.2 Å². The third kappa shape index (κ3) is 5.74. The molecule has 0 saturated heterocycles.